The van der Waals surface area contributed by atoms with Gasteiger partial charge in [0.05, 0.1) is 11.3 Å². The lowest BCUT2D eigenvalue weighted by atomic mass is 9.86. The highest BCUT2D eigenvalue weighted by Crippen LogP contribution is 2.43. The minimum Gasteiger partial charge on any atom is -0.544 e. The number of phenolic OH excluding ortho intramolecular Hbond substituents is 1. The molecule has 4 rings (SSSR count). The molecule has 4 atom stereocenters. The first-order valence-corrected chi connectivity index (χ1v) is 8.37. The number of imide groups is 1. The quantitative estimate of drug-likeness (QED) is 0.678. The number of hydrogen-bond donors (Lipinski definition) is 2. The van der Waals surface area contributed by atoms with Gasteiger partial charge < -0.3 is 20.3 Å². The van der Waals surface area contributed by atoms with Gasteiger partial charge in [0.15, 0.2) is 0 Å². The number of para-hydroxylation sites is 1. The van der Waals surface area contributed by atoms with E-state index in [1.807, 2.05) is 0 Å². The van der Waals surface area contributed by atoms with Crippen LogP contribution in [-0.2, 0) is 14.4 Å². The number of aliphatic carboxylic acids is 1. The third kappa shape index (κ3) is 2.57. The lowest BCUT2D eigenvalue weighted by molar-refractivity contribution is -0.705. The fraction of sp³-hybridized carbons (Fsp3) is 0.211. The van der Waals surface area contributed by atoms with Gasteiger partial charge in [0, 0.05) is 0 Å². The second kappa shape index (κ2) is 6.17. The molecule has 2 heterocycles. The van der Waals surface area contributed by atoms with Crippen LogP contribution in [0.5, 0.6) is 5.75 Å². The van der Waals surface area contributed by atoms with Gasteiger partial charge in [-0.25, -0.2) is 9.29 Å². The highest BCUT2D eigenvalue weighted by Gasteiger charge is 2.63. The molecule has 2 aliphatic heterocycles. The van der Waals surface area contributed by atoms with Crippen LogP contribution in [0.15, 0.2) is 48.5 Å². The van der Waals surface area contributed by atoms with Crippen LogP contribution in [0.2, 0.25) is 0 Å². The van der Waals surface area contributed by atoms with E-state index in [0.717, 1.165) is 17.0 Å². The number of aromatic hydroxyl groups is 1. The molecule has 7 nitrogen and oxygen atoms in total. The molecule has 138 valence electrons. The Morgan fingerprint density at radius 3 is 2.30 bits per heavy atom. The summed E-state index contributed by atoms with van der Waals surface area (Å²) in [6.07, 6.45) is 0. The Kier molecular flexibility index (Phi) is 3.92. The van der Waals surface area contributed by atoms with E-state index in [9.17, 15) is 29.0 Å². The van der Waals surface area contributed by atoms with Crippen LogP contribution in [0.4, 0.5) is 10.1 Å². The number of fused-ring (bicyclic) bond motifs is 1. The van der Waals surface area contributed by atoms with Crippen LogP contribution in [-0.4, -0.2) is 28.9 Å². The first kappa shape index (κ1) is 17.2. The van der Waals surface area contributed by atoms with E-state index in [4.69, 9.17) is 0 Å². The van der Waals surface area contributed by atoms with Gasteiger partial charge in [-0.15, -0.1) is 0 Å². The van der Waals surface area contributed by atoms with E-state index in [1.54, 1.807) is 18.2 Å². The number of carboxylic acids is 1. The number of carbonyl (C=O) groups is 3. The van der Waals surface area contributed by atoms with Crippen molar-refractivity contribution in [2.75, 3.05) is 4.90 Å². The SMILES string of the molecule is O=C([O-])[C@@H]1[NH2+][C@@H](c2ccccc2O)[C@H]2C(=O)N(c3ccc(F)cc3)C(=O)[C@@H]21. The predicted octanol–water partition coefficient (Wildman–Crippen LogP) is -0.926. The molecule has 0 spiro atoms. The van der Waals surface area contributed by atoms with Crippen molar-refractivity contribution in [1.29, 1.82) is 0 Å². The fourth-order valence-electron chi connectivity index (χ4n) is 4.07. The molecule has 27 heavy (non-hydrogen) atoms. The highest BCUT2D eigenvalue weighted by atomic mass is 19.1. The predicted molar refractivity (Wildman–Crippen MR) is 87.4 cm³/mol. The molecule has 2 aliphatic rings. The molecular weight excluding hydrogens is 355 g/mol. The highest BCUT2D eigenvalue weighted by molar-refractivity contribution is 6.23. The largest absolute Gasteiger partial charge is 0.544 e. The maximum absolute atomic E-state index is 13.2. The summed E-state index contributed by atoms with van der Waals surface area (Å²) in [5.41, 5.74) is 0.548. The van der Waals surface area contributed by atoms with Gasteiger partial charge >= 0.3 is 0 Å². The molecule has 3 N–H and O–H groups in total. The van der Waals surface area contributed by atoms with Crippen LogP contribution in [0.1, 0.15) is 11.6 Å². The topological polar surface area (TPSA) is 114 Å². The first-order chi connectivity index (χ1) is 12.9. The zero-order valence-corrected chi connectivity index (χ0v) is 13.9. The minimum atomic E-state index is -1.45. The Labute approximate surface area is 153 Å². The average molecular weight is 370 g/mol. The number of hydrogen-bond acceptors (Lipinski definition) is 5. The van der Waals surface area contributed by atoms with E-state index < -0.39 is 47.5 Å². The molecule has 2 saturated heterocycles. The van der Waals surface area contributed by atoms with Crippen molar-refractivity contribution >= 4 is 23.5 Å². The van der Waals surface area contributed by atoms with Crippen molar-refractivity contribution in [3.8, 4) is 5.75 Å². The summed E-state index contributed by atoms with van der Waals surface area (Å²) < 4.78 is 13.2. The zero-order valence-electron chi connectivity index (χ0n) is 13.9. The van der Waals surface area contributed by atoms with Gasteiger partial charge in [0.2, 0.25) is 11.8 Å². The van der Waals surface area contributed by atoms with Crippen LogP contribution >= 0.6 is 0 Å². The maximum atomic E-state index is 13.2. The number of phenols is 1. The number of benzene rings is 2. The molecule has 0 unspecified atom stereocenters. The molecule has 2 aromatic rings. The van der Waals surface area contributed by atoms with Crippen molar-refractivity contribution < 1.29 is 34.3 Å². The van der Waals surface area contributed by atoms with Gasteiger partial charge in [0.1, 0.15) is 41.5 Å². The van der Waals surface area contributed by atoms with Crippen LogP contribution in [0, 0.1) is 17.7 Å². The summed E-state index contributed by atoms with van der Waals surface area (Å²) in [4.78, 5) is 38.4. The van der Waals surface area contributed by atoms with E-state index in [1.165, 1.54) is 23.5 Å². The van der Waals surface area contributed by atoms with Gasteiger partial charge in [-0.1, -0.05) is 12.1 Å². The summed E-state index contributed by atoms with van der Waals surface area (Å²) in [5, 5.41) is 23.1. The first-order valence-electron chi connectivity index (χ1n) is 8.37. The number of halogens is 1. The van der Waals surface area contributed by atoms with Crippen molar-refractivity contribution in [2.45, 2.75) is 12.1 Å². The molecule has 2 amide bonds. The smallest absolute Gasteiger partial charge is 0.244 e. The van der Waals surface area contributed by atoms with E-state index >= 15 is 0 Å². The van der Waals surface area contributed by atoms with E-state index in [2.05, 4.69) is 0 Å². The molecule has 8 heteroatoms. The number of nitrogens with two attached hydrogens (primary N) is 1. The molecule has 0 bridgehead atoms. The van der Waals surface area contributed by atoms with Crippen molar-refractivity contribution in [2.24, 2.45) is 11.8 Å². The summed E-state index contributed by atoms with van der Waals surface area (Å²) in [5.74, 6) is -5.41. The molecule has 2 aromatic carbocycles. The second-order valence-corrected chi connectivity index (χ2v) is 6.66. The summed E-state index contributed by atoms with van der Waals surface area (Å²) in [6.45, 7) is 0. The van der Waals surface area contributed by atoms with Gasteiger partial charge in [-0.05, 0) is 36.4 Å². The van der Waals surface area contributed by atoms with E-state index in [0.29, 0.717) is 5.56 Å². The van der Waals surface area contributed by atoms with Gasteiger partial charge in [-0.3, -0.25) is 9.59 Å². The van der Waals surface area contributed by atoms with Gasteiger partial charge in [0.25, 0.3) is 0 Å². The lowest BCUT2D eigenvalue weighted by Crippen LogP contribution is -2.92. The summed E-state index contributed by atoms with van der Waals surface area (Å²) in [6, 6.07) is 9.09. The number of carboxylic acid groups (broad SMARTS) is 1. The fourth-order valence-corrected chi connectivity index (χ4v) is 4.07. The molecular formula is C19H15FN2O5. The third-order valence-electron chi connectivity index (χ3n) is 5.24. The Balaban J connectivity index is 1.79. The van der Waals surface area contributed by atoms with Crippen LogP contribution in [0.25, 0.3) is 0 Å². The average Bonchev–Trinajstić information content (AvgIpc) is 3.14. The molecule has 0 saturated carbocycles. The normalized spacial score (nSPS) is 27.1. The van der Waals surface area contributed by atoms with Crippen LogP contribution < -0.4 is 15.3 Å². The minimum absolute atomic E-state index is 0.0861. The number of rotatable bonds is 3. The molecule has 0 aromatic heterocycles. The Bertz CT molecular complexity index is 945. The van der Waals surface area contributed by atoms with Crippen LogP contribution in [0.3, 0.4) is 0 Å². The Morgan fingerprint density at radius 2 is 1.67 bits per heavy atom. The standard InChI is InChI=1S/C19H15FN2O5/c20-9-5-7-10(8-6-9)22-17(24)13-14(18(22)25)16(19(26)27)21-15(13)11-3-1-2-4-12(11)23/h1-8,13-16,21,23H,(H,26,27)/t13-,14-,15-,16+/m0/s1. The second-order valence-electron chi connectivity index (χ2n) is 6.66. The number of nitrogens with zero attached hydrogens (tertiary/aromatic N) is 1. The Hall–Kier alpha value is -3.26. The molecule has 2 fully saturated rings. The number of anilines is 1. The summed E-state index contributed by atoms with van der Waals surface area (Å²) in [7, 11) is 0. The lowest BCUT2D eigenvalue weighted by Gasteiger charge is -2.21. The maximum Gasteiger partial charge on any atom is 0.244 e. The van der Waals surface area contributed by atoms with Crippen molar-refractivity contribution in [3.63, 3.8) is 0 Å². The number of carbonyl (C=O) groups excluding carboxylic acids is 3. The van der Waals surface area contributed by atoms with Crippen molar-refractivity contribution in [1.82, 2.24) is 0 Å². The third-order valence-corrected chi connectivity index (χ3v) is 5.24. The van der Waals surface area contributed by atoms with Crippen molar-refractivity contribution in [3.05, 3.63) is 59.9 Å². The zero-order chi connectivity index (χ0) is 19.3. The number of quaternary nitrogens is 1. The monoisotopic (exact) mass is 370 g/mol. The molecule has 0 radical (unpaired) electrons. The molecule has 0 aliphatic carbocycles. The van der Waals surface area contributed by atoms with Gasteiger partial charge in [-0.2, -0.15) is 0 Å². The number of amides is 2. The Morgan fingerprint density at radius 1 is 1.04 bits per heavy atom. The van der Waals surface area contributed by atoms with E-state index in [-0.39, 0.29) is 11.4 Å². The summed E-state index contributed by atoms with van der Waals surface area (Å²) >= 11 is 0.